The van der Waals surface area contributed by atoms with E-state index < -0.39 is 0 Å². The van der Waals surface area contributed by atoms with Crippen molar-refractivity contribution >= 4 is 28.3 Å². The number of piperazine rings is 1. The zero-order chi connectivity index (χ0) is 15.7. The van der Waals surface area contributed by atoms with Crippen molar-refractivity contribution in [1.82, 2.24) is 9.97 Å². The summed E-state index contributed by atoms with van der Waals surface area (Å²) in [6.07, 6.45) is 0. The largest absolute Gasteiger partial charge is 0.493 e. The van der Waals surface area contributed by atoms with Gasteiger partial charge in [0.1, 0.15) is 5.82 Å². The minimum Gasteiger partial charge on any atom is -0.493 e. The lowest BCUT2D eigenvalue weighted by atomic mass is 10.2. The van der Waals surface area contributed by atoms with Crippen LogP contribution in [0.5, 0.6) is 11.5 Å². The van der Waals surface area contributed by atoms with Gasteiger partial charge in [0.15, 0.2) is 11.5 Å². The molecular weight excluding hydrogens is 304 g/mol. The average Bonchev–Trinajstić information content (AvgIpc) is 2.53. The Morgan fingerprint density at radius 2 is 1.73 bits per heavy atom. The molecule has 1 N–H and O–H groups in total. The molecule has 0 bridgehead atoms. The van der Waals surface area contributed by atoms with Gasteiger partial charge in [0.05, 0.1) is 53.0 Å². The van der Waals surface area contributed by atoms with Crippen LogP contribution in [-0.4, -0.2) is 57.4 Å². The van der Waals surface area contributed by atoms with Crippen LogP contribution in [0.3, 0.4) is 0 Å². The number of quaternary nitrogens is 1. The second-order valence-electron chi connectivity index (χ2n) is 5.48. The number of hydrogen-bond acceptors (Lipinski definition) is 5. The Balaban J connectivity index is 2.12. The average molecular weight is 324 g/mol. The molecule has 1 aromatic heterocycles. The fourth-order valence-electron chi connectivity index (χ4n) is 2.75. The quantitative estimate of drug-likeness (QED) is 0.840. The topological polar surface area (TPSA) is 51.9 Å². The van der Waals surface area contributed by atoms with Crippen LogP contribution in [-0.2, 0) is 0 Å². The molecule has 1 saturated heterocycles. The third-order valence-corrected chi connectivity index (χ3v) is 4.24. The number of ether oxygens (including phenoxy) is 2. The maximum Gasteiger partial charge on any atom is 0.224 e. The van der Waals surface area contributed by atoms with Gasteiger partial charge in [-0.25, -0.2) is 4.98 Å². The third kappa shape index (κ3) is 2.76. The van der Waals surface area contributed by atoms with Gasteiger partial charge in [-0.2, -0.15) is 4.98 Å². The maximum atomic E-state index is 6.11. The molecule has 3 rings (SSSR count). The number of hydrogen-bond donors (Lipinski definition) is 1. The van der Waals surface area contributed by atoms with Crippen molar-refractivity contribution in [3.8, 4) is 11.5 Å². The van der Waals surface area contributed by atoms with E-state index in [0.717, 1.165) is 42.9 Å². The summed E-state index contributed by atoms with van der Waals surface area (Å²) in [5, 5.41) is 1.18. The molecule has 0 aliphatic carbocycles. The standard InChI is InChI=1S/C15H19ClN4O2/c1-19-4-6-20(7-5-19)14-10-8-12(21-2)13(22-3)9-11(10)17-15(16)18-14/h8-9H,4-7H2,1-3H3/p+1. The molecule has 0 spiro atoms. The maximum absolute atomic E-state index is 6.11. The summed E-state index contributed by atoms with van der Waals surface area (Å²) >= 11 is 6.11. The first-order valence-electron chi connectivity index (χ1n) is 7.28. The molecule has 0 amide bonds. The highest BCUT2D eigenvalue weighted by Crippen LogP contribution is 2.35. The summed E-state index contributed by atoms with van der Waals surface area (Å²) < 4.78 is 10.7. The number of fused-ring (bicyclic) bond motifs is 1. The Kier molecular flexibility index (Phi) is 4.22. The molecule has 2 heterocycles. The van der Waals surface area contributed by atoms with Crippen LogP contribution >= 0.6 is 11.6 Å². The van der Waals surface area contributed by atoms with E-state index in [9.17, 15) is 0 Å². The molecule has 0 unspecified atom stereocenters. The Morgan fingerprint density at radius 3 is 2.36 bits per heavy atom. The van der Waals surface area contributed by atoms with Crippen molar-refractivity contribution in [1.29, 1.82) is 0 Å². The van der Waals surface area contributed by atoms with Crippen molar-refractivity contribution in [2.75, 3.05) is 52.3 Å². The van der Waals surface area contributed by atoms with Gasteiger partial charge in [-0.05, 0) is 17.7 Å². The summed E-state index contributed by atoms with van der Waals surface area (Å²) in [4.78, 5) is 12.6. The van der Waals surface area contributed by atoms with E-state index in [2.05, 4.69) is 21.9 Å². The molecule has 0 atom stereocenters. The van der Waals surface area contributed by atoms with E-state index in [1.165, 1.54) is 4.90 Å². The molecule has 6 nitrogen and oxygen atoms in total. The summed E-state index contributed by atoms with van der Waals surface area (Å²) in [6, 6.07) is 3.76. The van der Waals surface area contributed by atoms with Crippen LogP contribution in [0, 0.1) is 0 Å². The fraction of sp³-hybridized carbons (Fsp3) is 0.467. The number of benzene rings is 1. The van der Waals surface area contributed by atoms with Crippen LogP contribution in [0.2, 0.25) is 5.28 Å². The van der Waals surface area contributed by atoms with E-state index in [1.807, 2.05) is 12.1 Å². The summed E-state index contributed by atoms with van der Waals surface area (Å²) in [5.41, 5.74) is 0.763. The third-order valence-electron chi connectivity index (χ3n) is 4.07. The number of nitrogens with one attached hydrogen (secondary N) is 1. The second-order valence-corrected chi connectivity index (χ2v) is 5.82. The van der Waals surface area contributed by atoms with Crippen LogP contribution < -0.4 is 19.3 Å². The van der Waals surface area contributed by atoms with Gasteiger partial charge in [-0.1, -0.05) is 0 Å². The van der Waals surface area contributed by atoms with Crippen LogP contribution in [0.4, 0.5) is 5.82 Å². The summed E-state index contributed by atoms with van der Waals surface area (Å²) in [7, 11) is 5.44. The van der Waals surface area contributed by atoms with Gasteiger partial charge in [0, 0.05) is 11.5 Å². The van der Waals surface area contributed by atoms with Gasteiger partial charge in [-0.3, -0.25) is 0 Å². The molecule has 22 heavy (non-hydrogen) atoms. The van der Waals surface area contributed by atoms with E-state index in [-0.39, 0.29) is 5.28 Å². The van der Waals surface area contributed by atoms with Crippen molar-refractivity contribution < 1.29 is 14.4 Å². The monoisotopic (exact) mass is 323 g/mol. The molecule has 1 fully saturated rings. The molecule has 2 aromatic rings. The van der Waals surface area contributed by atoms with Gasteiger partial charge < -0.3 is 19.3 Å². The van der Waals surface area contributed by atoms with Gasteiger partial charge in [-0.15, -0.1) is 0 Å². The molecule has 1 aromatic carbocycles. The highest BCUT2D eigenvalue weighted by molar-refractivity contribution is 6.28. The number of nitrogens with zero attached hydrogens (tertiary/aromatic N) is 3. The van der Waals surface area contributed by atoms with E-state index in [4.69, 9.17) is 21.1 Å². The van der Waals surface area contributed by atoms with Gasteiger partial charge in [0.25, 0.3) is 0 Å². The zero-order valence-electron chi connectivity index (χ0n) is 13.0. The minimum atomic E-state index is 0.251. The molecule has 1 aliphatic heterocycles. The lowest BCUT2D eigenvalue weighted by Crippen LogP contribution is -3.12. The molecule has 0 saturated carbocycles. The normalized spacial score (nSPS) is 16.1. The molecule has 118 valence electrons. The fourth-order valence-corrected chi connectivity index (χ4v) is 2.92. The SMILES string of the molecule is COc1cc2nc(Cl)nc(N3CC[NH+](C)CC3)c2cc1OC. The first-order chi connectivity index (χ1) is 10.6. The Bertz CT molecular complexity index is 687. The highest BCUT2D eigenvalue weighted by Gasteiger charge is 2.22. The van der Waals surface area contributed by atoms with Crippen molar-refractivity contribution in [3.63, 3.8) is 0 Å². The summed E-state index contributed by atoms with van der Waals surface area (Å²) in [6.45, 7) is 4.05. The molecule has 0 radical (unpaired) electrons. The highest BCUT2D eigenvalue weighted by atomic mass is 35.5. The second kappa shape index (κ2) is 6.14. The Hall–Kier alpha value is -1.79. The minimum absolute atomic E-state index is 0.251. The first kappa shape index (κ1) is 15.1. The molecule has 1 aliphatic rings. The van der Waals surface area contributed by atoms with Crippen molar-refractivity contribution in [2.24, 2.45) is 0 Å². The predicted octanol–water partition coefficient (Wildman–Crippen LogP) is 0.635. The van der Waals surface area contributed by atoms with Crippen molar-refractivity contribution in [3.05, 3.63) is 17.4 Å². The number of likely N-dealkylation sites (N-methyl/N-ethyl adjacent to an activating group) is 1. The van der Waals surface area contributed by atoms with E-state index >= 15 is 0 Å². The van der Waals surface area contributed by atoms with Gasteiger partial charge in [0.2, 0.25) is 5.28 Å². The Labute approximate surface area is 134 Å². The zero-order valence-corrected chi connectivity index (χ0v) is 13.8. The van der Waals surface area contributed by atoms with Gasteiger partial charge >= 0.3 is 0 Å². The van der Waals surface area contributed by atoms with Crippen LogP contribution in [0.25, 0.3) is 10.9 Å². The first-order valence-corrected chi connectivity index (χ1v) is 7.65. The Morgan fingerprint density at radius 1 is 1.09 bits per heavy atom. The van der Waals surface area contributed by atoms with Crippen LogP contribution in [0.1, 0.15) is 0 Å². The predicted molar refractivity (Wildman–Crippen MR) is 86.5 cm³/mol. The lowest BCUT2D eigenvalue weighted by Gasteiger charge is -2.31. The van der Waals surface area contributed by atoms with E-state index in [0.29, 0.717) is 11.5 Å². The number of rotatable bonds is 3. The van der Waals surface area contributed by atoms with Crippen molar-refractivity contribution in [2.45, 2.75) is 0 Å². The molecule has 7 heteroatoms. The lowest BCUT2D eigenvalue weighted by molar-refractivity contribution is -0.880. The molecular formula is C15H20ClN4O2+. The number of halogens is 1. The number of aromatic nitrogens is 2. The number of anilines is 1. The smallest absolute Gasteiger partial charge is 0.224 e. The summed E-state index contributed by atoms with van der Waals surface area (Å²) in [5.74, 6) is 2.17. The number of methoxy groups -OCH3 is 2. The van der Waals surface area contributed by atoms with E-state index in [1.54, 1.807) is 14.2 Å². The van der Waals surface area contributed by atoms with Crippen LogP contribution in [0.15, 0.2) is 12.1 Å².